The van der Waals surface area contributed by atoms with Gasteiger partial charge in [-0.1, -0.05) is 23.2 Å². The van der Waals surface area contributed by atoms with Gasteiger partial charge in [0.25, 0.3) is 0 Å². The first-order valence-electron chi connectivity index (χ1n) is 2.96. The van der Waals surface area contributed by atoms with E-state index in [0.717, 1.165) is 0 Å². The van der Waals surface area contributed by atoms with E-state index >= 15 is 0 Å². The van der Waals surface area contributed by atoms with Crippen molar-refractivity contribution in [3.8, 4) is 0 Å². The van der Waals surface area contributed by atoms with Crippen molar-refractivity contribution in [2.45, 2.75) is 0 Å². The maximum atomic E-state index is 10.7. The summed E-state index contributed by atoms with van der Waals surface area (Å²) in [6, 6.07) is 4.22. The first-order valence-corrected chi connectivity index (χ1v) is 3.71. The maximum Gasteiger partial charge on any atom is 0.374 e. The van der Waals surface area contributed by atoms with Gasteiger partial charge in [-0.25, -0.2) is 4.79 Å². The Balaban J connectivity index is 3.09. The van der Waals surface area contributed by atoms with E-state index in [1.54, 1.807) is 0 Å². The zero-order valence-corrected chi connectivity index (χ0v) is 7.26. The lowest BCUT2D eigenvalue weighted by molar-refractivity contribution is -0.182. The first kappa shape index (κ1) is 9.32. The largest absolute Gasteiger partial charge is 0.374 e. The Morgan fingerprint density at radius 1 is 1.42 bits per heavy atom. The third-order valence-corrected chi connectivity index (χ3v) is 1.78. The van der Waals surface area contributed by atoms with Crippen LogP contribution in [0.25, 0.3) is 0 Å². The third-order valence-electron chi connectivity index (χ3n) is 1.23. The second kappa shape index (κ2) is 3.76. The third kappa shape index (κ3) is 1.88. The minimum atomic E-state index is -0.906. The highest BCUT2D eigenvalue weighted by Crippen LogP contribution is 2.21. The van der Waals surface area contributed by atoms with E-state index in [4.69, 9.17) is 28.5 Å². The molecule has 0 aliphatic heterocycles. The van der Waals surface area contributed by atoms with Crippen LogP contribution in [0.15, 0.2) is 18.2 Å². The van der Waals surface area contributed by atoms with Gasteiger partial charge in [-0.05, 0) is 18.2 Å². The number of benzene rings is 1. The molecular formula is C7H4Cl2O3. The molecule has 0 spiro atoms. The highest BCUT2D eigenvalue weighted by Gasteiger charge is 2.11. The summed E-state index contributed by atoms with van der Waals surface area (Å²) in [5.74, 6) is -0.906. The zero-order valence-electron chi connectivity index (χ0n) is 5.75. The van der Waals surface area contributed by atoms with E-state index in [1.165, 1.54) is 18.2 Å². The van der Waals surface area contributed by atoms with Crippen LogP contribution in [0.3, 0.4) is 0 Å². The van der Waals surface area contributed by atoms with Gasteiger partial charge in [-0.3, -0.25) is 4.89 Å². The van der Waals surface area contributed by atoms with Crippen LogP contribution in [0, 0.1) is 0 Å². The van der Waals surface area contributed by atoms with Crippen LogP contribution in [0.4, 0.5) is 0 Å². The molecular weight excluding hydrogens is 203 g/mol. The van der Waals surface area contributed by atoms with Crippen LogP contribution >= 0.6 is 23.2 Å². The van der Waals surface area contributed by atoms with Crippen LogP contribution in [0.1, 0.15) is 10.4 Å². The quantitative estimate of drug-likeness (QED) is 0.568. The minimum Gasteiger partial charge on any atom is -0.295 e. The van der Waals surface area contributed by atoms with E-state index < -0.39 is 5.97 Å². The number of carbonyl (C=O) groups is 1. The van der Waals surface area contributed by atoms with Crippen LogP contribution in [-0.4, -0.2) is 11.2 Å². The van der Waals surface area contributed by atoms with Crippen molar-refractivity contribution >= 4 is 29.2 Å². The fraction of sp³-hybridized carbons (Fsp3) is 0. The van der Waals surface area contributed by atoms with E-state index in [9.17, 15) is 4.79 Å². The van der Waals surface area contributed by atoms with Gasteiger partial charge < -0.3 is 0 Å². The van der Waals surface area contributed by atoms with Crippen LogP contribution in [0.2, 0.25) is 10.0 Å². The second-order valence-corrected chi connectivity index (χ2v) is 2.85. The molecule has 0 aliphatic rings. The smallest absolute Gasteiger partial charge is 0.295 e. The van der Waals surface area contributed by atoms with Crippen molar-refractivity contribution in [2.75, 3.05) is 0 Å². The van der Waals surface area contributed by atoms with Crippen molar-refractivity contribution in [1.29, 1.82) is 0 Å². The number of hydrogen-bond acceptors (Lipinski definition) is 3. The first-order chi connectivity index (χ1) is 5.65. The van der Waals surface area contributed by atoms with Gasteiger partial charge in [0.2, 0.25) is 0 Å². The van der Waals surface area contributed by atoms with Crippen LogP contribution in [-0.2, 0) is 4.89 Å². The lowest BCUT2D eigenvalue weighted by atomic mass is 10.2. The van der Waals surface area contributed by atoms with Crippen molar-refractivity contribution < 1.29 is 14.9 Å². The molecule has 0 saturated heterocycles. The van der Waals surface area contributed by atoms with Crippen molar-refractivity contribution in [3.63, 3.8) is 0 Å². The SMILES string of the molecule is O=C(OO)c1ccc(Cl)cc1Cl. The molecule has 1 aromatic carbocycles. The molecule has 3 nitrogen and oxygen atoms in total. The normalized spacial score (nSPS) is 9.58. The lowest BCUT2D eigenvalue weighted by Gasteiger charge is -1.99. The molecule has 5 heteroatoms. The Labute approximate surface area is 78.4 Å². The monoisotopic (exact) mass is 206 g/mol. The molecule has 1 aromatic rings. The summed E-state index contributed by atoms with van der Waals surface area (Å²) in [5, 5.41) is 8.59. The van der Waals surface area contributed by atoms with E-state index in [2.05, 4.69) is 4.89 Å². The molecule has 0 aliphatic carbocycles. The fourth-order valence-electron chi connectivity index (χ4n) is 0.704. The minimum absolute atomic E-state index is 0.0727. The number of hydrogen-bond donors (Lipinski definition) is 1. The van der Waals surface area contributed by atoms with Gasteiger partial charge in [0.1, 0.15) is 0 Å². The van der Waals surface area contributed by atoms with Gasteiger partial charge in [0.15, 0.2) is 0 Å². The zero-order chi connectivity index (χ0) is 9.14. The highest BCUT2D eigenvalue weighted by molar-refractivity contribution is 6.36. The molecule has 0 aromatic heterocycles. The van der Waals surface area contributed by atoms with Crippen molar-refractivity contribution in [2.24, 2.45) is 0 Å². The number of halogens is 2. The molecule has 0 saturated carbocycles. The van der Waals surface area contributed by atoms with Gasteiger partial charge in [0, 0.05) is 5.02 Å². The summed E-state index contributed by atoms with van der Waals surface area (Å²) in [5.41, 5.74) is 0.0727. The molecule has 0 atom stereocenters. The Bertz CT molecular complexity index is 312. The van der Waals surface area contributed by atoms with E-state index in [0.29, 0.717) is 5.02 Å². The topological polar surface area (TPSA) is 46.5 Å². The van der Waals surface area contributed by atoms with E-state index in [-0.39, 0.29) is 10.6 Å². The van der Waals surface area contributed by atoms with Gasteiger partial charge >= 0.3 is 5.97 Å². The summed E-state index contributed by atoms with van der Waals surface area (Å²) in [7, 11) is 0. The molecule has 0 heterocycles. The standard InChI is InChI=1S/C7H4Cl2O3/c8-4-1-2-5(6(9)3-4)7(10)12-11/h1-3,11H. The highest BCUT2D eigenvalue weighted by atomic mass is 35.5. The summed E-state index contributed by atoms with van der Waals surface area (Å²) in [6.07, 6.45) is 0. The molecule has 0 bridgehead atoms. The Morgan fingerprint density at radius 2 is 2.08 bits per heavy atom. The predicted octanol–water partition coefficient (Wildman–Crippen LogP) is 2.62. The average molecular weight is 207 g/mol. The predicted molar refractivity (Wildman–Crippen MR) is 44.5 cm³/mol. The molecule has 0 radical (unpaired) electrons. The van der Waals surface area contributed by atoms with Crippen molar-refractivity contribution in [1.82, 2.24) is 0 Å². The van der Waals surface area contributed by atoms with Crippen LogP contribution in [0.5, 0.6) is 0 Å². The maximum absolute atomic E-state index is 10.7. The molecule has 12 heavy (non-hydrogen) atoms. The number of carbonyl (C=O) groups excluding carboxylic acids is 1. The van der Waals surface area contributed by atoms with Crippen molar-refractivity contribution in [3.05, 3.63) is 33.8 Å². The summed E-state index contributed by atoms with van der Waals surface area (Å²) >= 11 is 11.2. The Hall–Kier alpha value is -0.770. The molecule has 0 amide bonds. The Morgan fingerprint density at radius 3 is 2.58 bits per heavy atom. The molecule has 64 valence electrons. The van der Waals surface area contributed by atoms with Gasteiger partial charge in [-0.2, -0.15) is 5.26 Å². The molecule has 0 fully saturated rings. The van der Waals surface area contributed by atoms with Crippen LogP contribution < -0.4 is 0 Å². The fourth-order valence-corrected chi connectivity index (χ4v) is 1.19. The Kier molecular flexibility index (Phi) is 2.92. The van der Waals surface area contributed by atoms with E-state index in [1.807, 2.05) is 0 Å². The lowest BCUT2D eigenvalue weighted by Crippen LogP contribution is -2.01. The molecule has 1 rings (SSSR count). The summed E-state index contributed by atoms with van der Waals surface area (Å²) in [4.78, 5) is 14.2. The van der Waals surface area contributed by atoms with Gasteiger partial charge in [-0.15, -0.1) is 0 Å². The van der Waals surface area contributed by atoms with Gasteiger partial charge in [0.05, 0.1) is 10.6 Å². The summed E-state index contributed by atoms with van der Waals surface area (Å²) < 4.78 is 0. The second-order valence-electron chi connectivity index (χ2n) is 2.00. The molecule has 0 unspecified atom stereocenters. The molecule has 1 N–H and O–H groups in total. The number of rotatable bonds is 1. The summed E-state index contributed by atoms with van der Waals surface area (Å²) in [6.45, 7) is 0. The average Bonchev–Trinajstić information content (AvgIpc) is 2.03.